The van der Waals surface area contributed by atoms with E-state index in [1.54, 1.807) is 12.1 Å². The van der Waals surface area contributed by atoms with Gasteiger partial charge >= 0.3 is 0 Å². The predicted molar refractivity (Wildman–Crippen MR) is 72.8 cm³/mol. The Balaban J connectivity index is 1.86. The Bertz CT molecular complexity index is 456. The topological polar surface area (TPSA) is 69.6 Å². The maximum Gasteiger partial charge on any atom is 0.220 e. The summed E-state index contributed by atoms with van der Waals surface area (Å²) in [7, 11) is 0. The van der Waals surface area contributed by atoms with E-state index in [4.69, 9.17) is 0 Å². The highest BCUT2D eigenvalue weighted by atomic mass is 16.3. The number of phenolic OH excluding ortho intramolecular Hbond substituents is 1. The summed E-state index contributed by atoms with van der Waals surface area (Å²) < 4.78 is 0. The molecule has 0 heterocycles. The molecule has 0 spiro atoms. The lowest BCUT2D eigenvalue weighted by Gasteiger charge is -2.28. The summed E-state index contributed by atoms with van der Waals surface area (Å²) in [5, 5.41) is 22.0. The molecule has 3 N–H and O–H groups in total. The smallest absolute Gasteiger partial charge is 0.220 e. The van der Waals surface area contributed by atoms with Crippen LogP contribution in [0.1, 0.15) is 31.7 Å². The van der Waals surface area contributed by atoms with Gasteiger partial charge in [0, 0.05) is 6.42 Å². The van der Waals surface area contributed by atoms with Crippen molar-refractivity contribution in [3.8, 4) is 5.75 Å². The summed E-state index contributed by atoms with van der Waals surface area (Å²) in [5.41, 5.74) is 0.283. The van der Waals surface area contributed by atoms with Crippen LogP contribution in [0.15, 0.2) is 24.3 Å². The second-order valence-corrected chi connectivity index (χ2v) is 5.53. The number of hydrogen-bond donors (Lipinski definition) is 3. The van der Waals surface area contributed by atoms with Gasteiger partial charge in [-0.25, -0.2) is 0 Å². The van der Waals surface area contributed by atoms with E-state index in [-0.39, 0.29) is 18.3 Å². The lowest BCUT2D eigenvalue weighted by Crippen LogP contribution is -2.50. The number of amides is 1. The van der Waals surface area contributed by atoms with Gasteiger partial charge in [-0.1, -0.05) is 18.2 Å². The van der Waals surface area contributed by atoms with Gasteiger partial charge in [-0.2, -0.15) is 0 Å². The summed E-state index contributed by atoms with van der Waals surface area (Å²) in [6.45, 7) is 1.86. The Kier molecular flexibility index (Phi) is 4.10. The second kappa shape index (κ2) is 5.61. The van der Waals surface area contributed by atoms with Crippen LogP contribution in [0.25, 0.3) is 0 Å². The fraction of sp³-hybridized carbons (Fsp3) is 0.533. The van der Waals surface area contributed by atoms with Gasteiger partial charge in [-0.15, -0.1) is 0 Å². The fourth-order valence-corrected chi connectivity index (χ4v) is 2.34. The molecule has 1 unspecified atom stereocenters. The first-order valence-corrected chi connectivity index (χ1v) is 6.74. The van der Waals surface area contributed by atoms with Gasteiger partial charge < -0.3 is 15.5 Å². The van der Waals surface area contributed by atoms with Crippen molar-refractivity contribution in [3.63, 3.8) is 0 Å². The molecule has 0 aliphatic heterocycles. The van der Waals surface area contributed by atoms with Gasteiger partial charge in [0.2, 0.25) is 5.91 Å². The first-order chi connectivity index (χ1) is 9.05. The Morgan fingerprint density at radius 3 is 2.68 bits per heavy atom. The summed E-state index contributed by atoms with van der Waals surface area (Å²) in [6, 6.07) is 7.04. The number of benzene rings is 1. The Labute approximate surface area is 113 Å². The molecule has 1 aliphatic carbocycles. The quantitative estimate of drug-likeness (QED) is 0.730. The van der Waals surface area contributed by atoms with Crippen LogP contribution in [0, 0.1) is 5.92 Å². The first-order valence-electron chi connectivity index (χ1n) is 6.74. The lowest BCUT2D eigenvalue weighted by atomic mass is 9.96. The molecular formula is C15H21NO3. The Morgan fingerprint density at radius 2 is 2.11 bits per heavy atom. The van der Waals surface area contributed by atoms with Gasteiger partial charge in [0.05, 0.1) is 12.1 Å². The minimum atomic E-state index is -0.490. The molecule has 0 aromatic heterocycles. The number of aryl methyl sites for hydroxylation is 1. The molecular weight excluding hydrogens is 242 g/mol. The van der Waals surface area contributed by atoms with Crippen LogP contribution in [0.2, 0.25) is 0 Å². The molecule has 1 aromatic carbocycles. The molecule has 1 amide bonds. The average Bonchev–Trinajstić information content (AvgIpc) is 3.22. The molecule has 1 fully saturated rings. The predicted octanol–water partition coefficient (Wildman–Crippen LogP) is 1.60. The van der Waals surface area contributed by atoms with Crippen molar-refractivity contribution in [2.45, 2.75) is 38.1 Å². The van der Waals surface area contributed by atoms with Gasteiger partial charge in [0.1, 0.15) is 5.75 Å². The fourth-order valence-electron chi connectivity index (χ4n) is 2.34. The Morgan fingerprint density at radius 1 is 1.42 bits per heavy atom. The normalized spacial score (nSPS) is 17.8. The first kappa shape index (κ1) is 13.9. The third kappa shape index (κ3) is 3.47. The van der Waals surface area contributed by atoms with Crippen molar-refractivity contribution in [2.24, 2.45) is 5.92 Å². The zero-order valence-corrected chi connectivity index (χ0v) is 11.2. The van der Waals surface area contributed by atoms with E-state index in [2.05, 4.69) is 5.32 Å². The molecule has 0 saturated heterocycles. The SMILES string of the molecule is CC(CO)(NC(=O)CCc1ccccc1O)C1CC1. The summed E-state index contributed by atoms with van der Waals surface area (Å²) in [4.78, 5) is 11.9. The number of carbonyl (C=O) groups excluding carboxylic acids is 1. The summed E-state index contributed by atoms with van der Waals surface area (Å²) in [5.74, 6) is 0.542. The van der Waals surface area contributed by atoms with E-state index in [0.717, 1.165) is 18.4 Å². The molecule has 1 saturated carbocycles. The molecule has 1 aromatic rings. The van der Waals surface area contributed by atoms with Crippen molar-refractivity contribution in [3.05, 3.63) is 29.8 Å². The van der Waals surface area contributed by atoms with Gasteiger partial charge in [-0.05, 0) is 43.7 Å². The number of aromatic hydroxyl groups is 1. The number of nitrogens with one attached hydrogen (secondary N) is 1. The molecule has 19 heavy (non-hydrogen) atoms. The largest absolute Gasteiger partial charge is 0.508 e. The zero-order valence-electron chi connectivity index (χ0n) is 11.2. The minimum Gasteiger partial charge on any atom is -0.508 e. The van der Waals surface area contributed by atoms with Crippen LogP contribution in [0.3, 0.4) is 0 Å². The molecule has 1 aliphatic rings. The van der Waals surface area contributed by atoms with E-state index in [1.165, 1.54) is 0 Å². The third-order valence-corrected chi connectivity index (χ3v) is 3.84. The summed E-state index contributed by atoms with van der Waals surface area (Å²) in [6.07, 6.45) is 2.96. The van der Waals surface area contributed by atoms with Crippen LogP contribution >= 0.6 is 0 Å². The maximum atomic E-state index is 11.9. The monoisotopic (exact) mass is 263 g/mol. The van der Waals surface area contributed by atoms with Crippen molar-refractivity contribution in [2.75, 3.05) is 6.61 Å². The van der Waals surface area contributed by atoms with Crippen LogP contribution in [0.4, 0.5) is 0 Å². The molecule has 0 bridgehead atoms. The summed E-state index contributed by atoms with van der Waals surface area (Å²) >= 11 is 0. The van der Waals surface area contributed by atoms with E-state index >= 15 is 0 Å². The van der Waals surface area contributed by atoms with Crippen LogP contribution in [0.5, 0.6) is 5.75 Å². The van der Waals surface area contributed by atoms with Crippen molar-refractivity contribution >= 4 is 5.91 Å². The number of para-hydroxylation sites is 1. The van der Waals surface area contributed by atoms with E-state index < -0.39 is 5.54 Å². The number of aliphatic hydroxyl groups excluding tert-OH is 1. The highest BCUT2D eigenvalue weighted by Gasteiger charge is 2.41. The number of phenols is 1. The zero-order chi connectivity index (χ0) is 13.9. The van der Waals surface area contributed by atoms with Gasteiger partial charge in [0.25, 0.3) is 0 Å². The molecule has 104 valence electrons. The standard InChI is InChI=1S/C15H21NO3/c1-15(10-17,12-7-8-12)16-14(19)9-6-11-4-2-3-5-13(11)18/h2-5,12,17-18H,6-10H2,1H3,(H,16,19). The van der Waals surface area contributed by atoms with Crippen LogP contribution < -0.4 is 5.32 Å². The number of hydrogen-bond acceptors (Lipinski definition) is 3. The molecule has 4 heteroatoms. The van der Waals surface area contributed by atoms with E-state index in [0.29, 0.717) is 18.8 Å². The van der Waals surface area contributed by atoms with Gasteiger partial charge in [0.15, 0.2) is 0 Å². The highest BCUT2D eigenvalue weighted by Crippen LogP contribution is 2.39. The van der Waals surface area contributed by atoms with Crippen molar-refractivity contribution in [1.29, 1.82) is 0 Å². The number of carbonyl (C=O) groups is 1. The van der Waals surface area contributed by atoms with Crippen LogP contribution in [-0.2, 0) is 11.2 Å². The van der Waals surface area contributed by atoms with Crippen molar-refractivity contribution < 1.29 is 15.0 Å². The minimum absolute atomic E-state index is 0.0278. The van der Waals surface area contributed by atoms with Crippen LogP contribution in [-0.4, -0.2) is 28.3 Å². The van der Waals surface area contributed by atoms with E-state index in [1.807, 2.05) is 19.1 Å². The molecule has 4 nitrogen and oxygen atoms in total. The second-order valence-electron chi connectivity index (χ2n) is 5.53. The molecule has 1 atom stereocenters. The third-order valence-electron chi connectivity index (χ3n) is 3.84. The number of rotatable bonds is 6. The molecule has 2 rings (SSSR count). The van der Waals surface area contributed by atoms with E-state index in [9.17, 15) is 15.0 Å². The van der Waals surface area contributed by atoms with Crippen molar-refractivity contribution in [1.82, 2.24) is 5.32 Å². The number of aliphatic hydroxyl groups is 1. The van der Waals surface area contributed by atoms with Gasteiger partial charge in [-0.3, -0.25) is 4.79 Å². The maximum absolute atomic E-state index is 11.9. The molecule has 0 radical (unpaired) electrons. The lowest BCUT2D eigenvalue weighted by molar-refractivity contribution is -0.123. The highest BCUT2D eigenvalue weighted by molar-refractivity contribution is 5.77. The average molecular weight is 263 g/mol. The Hall–Kier alpha value is -1.55.